The fourth-order valence-corrected chi connectivity index (χ4v) is 3.85. The van der Waals surface area contributed by atoms with Gasteiger partial charge in [-0.25, -0.2) is 4.98 Å². The smallest absolute Gasteiger partial charge is 0.221 e. The second kappa shape index (κ2) is 8.90. The lowest BCUT2D eigenvalue weighted by molar-refractivity contribution is -0.121. The Morgan fingerprint density at radius 2 is 1.81 bits per heavy atom. The summed E-state index contributed by atoms with van der Waals surface area (Å²) in [6.07, 6.45) is 2.30. The van der Waals surface area contributed by atoms with Crippen LogP contribution in [0, 0.1) is 13.8 Å². The Morgan fingerprint density at radius 3 is 2.48 bits per heavy atom. The van der Waals surface area contributed by atoms with E-state index < -0.39 is 0 Å². The molecule has 2 aromatic heterocycles. The molecule has 1 amide bonds. The molecule has 1 N–H and O–H groups in total. The second-order valence-electron chi connectivity index (χ2n) is 6.54. The molecule has 27 heavy (non-hydrogen) atoms. The zero-order valence-corrected chi connectivity index (χ0v) is 16.7. The lowest BCUT2D eigenvalue weighted by atomic mass is 10.1. The van der Waals surface area contributed by atoms with Crippen LogP contribution in [0.1, 0.15) is 52.3 Å². The number of carbonyl (C=O) groups excluding carboxylic acids is 1. The van der Waals surface area contributed by atoms with Crippen molar-refractivity contribution in [3.63, 3.8) is 0 Å². The van der Waals surface area contributed by atoms with Crippen LogP contribution < -0.4 is 5.32 Å². The minimum atomic E-state index is -0.105. The number of benzene rings is 1. The van der Waals surface area contributed by atoms with Gasteiger partial charge in [-0.3, -0.25) is 4.79 Å². The van der Waals surface area contributed by atoms with Gasteiger partial charge in [-0.05, 0) is 32.8 Å². The summed E-state index contributed by atoms with van der Waals surface area (Å²) in [5.74, 6) is 1.06. The molecule has 3 rings (SSSR count). The Balaban J connectivity index is 1.45. The normalized spacial score (nSPS) is 12.1. The summed E-state index contributed by atoms with van der Waals surface area (Å²) in [5, 5.41) is 12.1. The average Bonchev–Trinajstić information content (AvgIpc) is 3.25. The number of hydrogen-bond acceptors (Lipinski definition) is 6. The van der Waals surface area contributed by atoms with Crippen LogP contribution in [-0.2, 0) is 24.1 Å². The number of aryl methyl sites for hydroxylation is 5. The summed E-state index contributed by atoms with van der Waals surface area (Å²) in [7, 11) is 0. The molecule has 142 valence electrons. The van der Waals surface area contributed by atoms with Gasteiger partial charge in [-0.1, -0.05) is 30.3 Å². The van der Waals surface area contributed by atoms with Crippen LogP contribution in [-0.4, -0.2) is 21.1 Å². The predicted octanol–water partition coefficient (Wildman–Crippen LogP) is 3.74. The summed E-state index contributed by atoms with van der Waals surface area (Å²) in [5.41, 5.74) is 2.17. The molecule has 0 saturated heterocycles. The summed E-state index contributed by atoms with van der Waals surface area (Å²) >= 11 is 1.64. The molecule has 0 fully saturated rings. The van der Waals surface area contributed by atoms with Crippen molar-refractivity contribution >= 4 is 17.2 Å². The highest BCUT2D eigenvalue weighted by atomic mass is 32.1. The fraction of sp³-hybridized carbons (Fsp3) is 0.400. The van der Waals surface area contributed by atoms with Crippen LogP contribution in [0.4, 0.5) is 0 Å². The summed E-state index contributed by atoms with van der Waals surface area (Å²) in [6.45, 7) is 5.95. The molecular weight excluding hydrogens is 360 g/mol. The lowest BCUT2D eigenvalue weighted by Crippen LogP contribution is -2.27. The number of aromatic nitrogens is 3. The van der Waals surface area contributed by atoms with E-state index in [2.05, 4.69) is 32.6 Å². The largest absolute Gasteiger partial charge is 0.425 e. The van der Waals surface area contributed by atoms with Crippen LogP contribution in [0.3, 0.4) is 0 Å². The Bertz CT molecular complexity index is 889. The third-order valence-electron chi connectivity index (χ3n) is 4.27. The molecule has 0 bridgehead atoms. The molecule has 7 heteroatoms. The van der Waals surface area contributed by atoms with Crippen LogP contribution >= 0.6 is 11.3 Å². The Morgan fingerprint density at radius 1 is 1.11 bits per heavy atom. The minimum Gasteiger partial charge on any atom is -0.425 e. The van der Waals surface area contributed by atoms with Crippen molar-refractivity contribution in [1.82, 2.24) is 20.5 Å². The third-order valence-corrected chi connectivity index (χ3v) is 5.17. The zero-order valence-electron chi connectivity index (χ0n) is 15.9. The number of carbonyl (C=O) groups is 1. The van der Waals surface area contributed by atoms with Crippen molar-refractivity contribution in [2.24, 2.45) is 0 Å². The van der Waals surface area contributed by atoms with Gasteiger partial charge in [0.1, 0.15) is 0 Å². The predicted molar refractivity (Wildman–Crippen MR) is 105 cm³/mol. The number of hydrogen-bond donors (Lipinski definition) is 1. The Labute approximate surface area is 163 Å². The van der Waals surface area contributed by atoms with Crippen molar-refractivity contribution in [2.45, 2.75) is 52.5 Å². The van der Waals surface area contributed by atoms with E-state index in [1.54, 1.807) is 11.3 Å². The average molecular weight is 385 g/mol. The van der Waals surface area contributed by atoms with Gasteiger partial charge >= 0.3 is 0 Å². The van der Waals surface area contributed by atoms with Gasteiger partial charge in [-0.15, -0.1) is 21.5 Å². The molecule has 2 heterocycles. The molecule has 1 unspecified atom stereocenters. The van der Waals surface area contributed by atoms with E-state index in [4.69, 9.17) is 4.42 Å². The van der Waals surface area contributed by atoms with E-state index in [9.17, 15) is 4.79 Å². The van der Waals surface area contributed by atoms with Gasteiger partial charge in [0.25, 0.3) is 0 Å². The Hall–Kier alpha value is -2.54. The highest BCUT2D eigenvalue weighted by Gasteiger charge is 2.16. The second-order valence-corrected chi connectivity index (χ2v) is 7.95. The van der Waals surface area contributed by atoms with E-state index in [0.717, 1.165) is 22.0 Å². The van der Waals surface area contributed by atoms with Crippen LogP contribution in [0.25, 0.3) is 0 Å². The Kier molecular flexibility index (Phi) is 6.34. The van der Waals surface area contributed by atoms with Gasteiger partial charge in [0.15, 0.2) is 0 Å². The molecule has 0 aliphatic heterocycles. The molecule has 1 aromatic carbocycles. The van der Waals surface area contributed by atoms with E-state index in [0.29, 0.717) is 31.0 Å². The first-order valence-electron chi connectivity index (χ1n) is 9.09. The first kappa shape index (κ1) is 19.2. The number of amides is 1. The van der Waals surface area contributed by atoms with E-state index in [1.165, 1.54) is 5.56 Å². The number of nitrogens with one attached hydrogen (secondary N) is 1. The van der Waals surface area contributed by atoms with Gasteiger partial charge in [-0.2, -0.15) is 0 Å². The van der Waals surface area contributed by atoms with E-state index in [-0.39, 0.29) is 11.9 Å². The molecule has 0 radical (unpaired) electrons. The molecule has 0 saturated carbocycles. The van der Waals surface area contributed by atoms with Crippen molar-refractivity contribution in [2.75, 3.05) is 0 Å². The molecule has 3 aromatic rings. The maximum Gasteiger partial charge on any atom is 0.221 e. The van der Waals surface area contributed by atoms with Gasteiger partial charge in [0, 0.05) is 24.1 Å². The van der Waals surface area contributed by atoms with Gasteiger partial charge < -0.3 is 9.73 Å². The van der Waals surface area contributed by atoms with Crippen molar-refractivity contribution in [1.29, 1.82) is 0 Å². The van der Waals surface area contributed by atoms with E-state index in [1.807, 2.05) is 39.0 Å². The standard InChI is InChI=1S/C20H24N4O2S/c1-13(20-14(2)27-15(3)22-20)21-17(25)10-12-19-24-23-18(26-19)11-9-16-7-5-4-6-8-16/h4-8,13H,9-12H2,1-3H3,(H,21,25). The monoisotopic (exact) mass is 384 g/mol. The fourth-order valence-electron chi connectivity index (χ4n) is 2.94. The van der Waals surface area contributed by atoms with Crippen LogP contribution in [0.5, 0.6) is 0 Å². The maximum absolute atomic E-state index is 12.2. The summed E-state index contributed by atoms with van der Waals surface area (Å²) in [6, 6.07) is 10.1. The summed E-state index contributed by atoms with van der Waals surface area (Å²) < 4.78 is 5.65. The molecule has 1 atom stereocenters. The van der Waals surface area contributed by atoms with Gasteiger partial charge in [0.05, 0.1) is 16.7 Å². The molecule has 0 spiro atoms. The minimum absolute atomic E-state index is 0.0448. The molecule has 6 nitrogen and oxygen atoms in total. The van der Waals surface area contributed by atoms with E-state index >= 15 is 0 Å². The highest BCUT2D eigenvalue weighted by Crippen LogP contribution is 2.22. The van der Waals surface area contributed by atoms with Crippen molar-refractivity contribution in [3.8, 4) is 0 Å². The molecular formula is C20H24N4O2S. The topological polar surface area (TPSA) is 80.9 Å². The SMILES string of the molecule is Cc1nc(C(C)NC(=O)CCc2nnc(CCc3ccccc3)o2)c(C)s1. The van der Waals surface area contributed by atoms with Crippen molar-refractivity contribution in [3.05, 3.63) is 63.3 Å². The third kappa shape index (κ3) is 5.47. The lowest BCUT2D eigenvalue weighted by Gasteiger charge is -2.12. The zero-order chi connectivity index (χ0) is 19.2. The highest BCUT2D eigenvalue weighted by molar-refractivity contribution is 7.11. The number of rotatable bonds is 8. The van der Waals surface area contributed by atoms with Crippen LogP contribution in [0.2, 0.25) is 0 Å². The molecule has 0 aliphatic rings. The number of nitrogens with zero attached hydrogens (tertiary/aromatic N) is 3. The molecule has 0 aliphatic carbocycles. The summed E-state index contributed by atoms with van der Waals surface area (Å²) in [4.78, 5) is 17.8. The quantitative estimate of drug-likeness (QED) is 0.640. The van der Waals surface area contributed by atoms with Gasteiger partial charge in [0.2, 0.25) is 17.7 Å². The first-order chi connectivity index (χ1) is 13.0. The number of thiazole rings is 1. The first-order valence-corrected chi connectivity index (χ1v) is 9.91. The van der Waals surface area contributed by atoms with Crippen molar-refractivity contribution < 1.29 is 9.21 Å². The maximum atomic E-state index is 12.2. The van der Waals surface area contributed by atoms with Crippen LogP contribution in [0.15, 0.2) is 34.7 Å².